The van der Waals surface area contributed by atoms with E-state index in [9.17, 15) is 31.2 Å². The predicted molar refractivity (Wildman–Crippen MR) is 147 cm³/mol. The van der Waals surface area contributed by atoms with Crippen molar-refractivity contribution >= 4 is 27.5 Å². The third-order valence-corrected chi connectivity index (χ3v) is 7.50. The van der Waals surface area contributed by atoms with Crippen molar-refractivity contribution in [2.75, 3.05) is 23.7 Å². The minimum atomic E-state index is -4.63. The summed E-state index contributed by atoms with van der Waals surface area (Å²) >= 11 is 0. The van der Waals surface area contributed by atoms with Gasteiger partial charge in [0, 0.05) is 26.1 Å². The smallest absolute Gasteiger partial charge is 0.354 e. The van der Waals surface area contributed by atoms with Crippen molar-refractivity contribution in [3.8, 4) is 0 Å². The minimum Gasteiger partial charge on any atom is -0.354 e. The van der Waals surface area contributed by atoms with E-state index in [0.29, 0.717) is 13.0 Å². The summed E-state index contributed by atoms with van der Waals surface area (Å²) in [5.74, 6) is -0.598. The Bertz CT molecular complexity index is 1200. The van der Waals surface area contributed by atoms with Crippen molar-refractivity contribution in [2.45, 2.75) is 71.6 Å². The third kappa shape index (κ3) is 9.87. The number of anilines is 1. The molecule has 11 heteroatoms. The van der Waals surface area contributed by atoms with Gasteiger partial charge in [-0.15, -0.1) is 0 Å². The number of hydrogen-bond acceptors (Lipinski definition) is 4. The summed E-state index contributed by atoms with van der Waals surface area (Å²) in [5, 5.41) is 2.89. The summed E-state index contributed by atoms with van der Waals surface area (Å²) in [7, 11) is -3.92. The Balaban J connectivity index is 2.23. The van der Waals surface area contributed by atoms with Gasteiger partial charge in [0.05, 0.1) is 17.5 Å². The van der Waals surface area contributed by atoms with E-state index >= 15 is 0 Å². The number of carbonyl (C=O) groups excluding carboxylic acids is 2. The maximum Gasteiger partial charge on any atom is 0.416 e. The normalized spacial score (nSPS) is 12.6. The van der Waals surface area contributed by atoms with Crippen molar-refractivity contribution in [3.63, 3.8) is 0 Å². The van der Waals surface area contributed by atoms with E-state index in [1.54, 1.807) is 0 Å². The van der Waals surface area contributed by atoms with Gasteiger partial charge < -0.3 is 10.2 Å². The molecule has 0 aliphatic carbocycles. The molecule has 2 aromatic rings. The number of benzene rings is 2. The van der Waals surface area contributed by atoms with Crippen molar-refractivity contribution in [2.24, 2.45) is 0 Å². The molecule has 0 aliphatic rings. The summed E-state index contributed by atoms with van der Waals surface area (Å²) in [5.41, 5.74) is 0.804. The van der Waals surface area contributed by atoms with Crippen molar-refractivity contribution in [1.82, 2.24) is 10.2 Å². The largest absolute Gasteiger partial charge is 0.416 e. The fourth-order valence-corrected chi connectivity index (χ4v) is 5.11. The van der Waals surface area contributed by atoms with Crippen LogP contribution in [0.5, 0.6) is 0 Å². The molecule has 0 radical (unpaired) electrons. The van der Waals surface area contributed by atoms with E-state index in [1.807, 2.05) is 45.0 Å². The van der Waals surface area contributed by atoms with E-state index in [1.165, 1.54) is 11.0 Å². The Labute approximate surface area is 229 Å². The highest BCUT2D eigenvalue weighted by molar-refractivity contribution is 7.92. The number of aryl methyl sites for hydroxylation is 1. The fourth-order valence-electron chi connectivity index (χ4n) is 4.16. The molecule has 0 fully saturated rings. The first-order chi connectivity index (χ1) is 18.3. The Hall–Kier alpha value is -3.08. The molecule has 0 saturated carbocycles. The van der Waals surface area contributed by atoms with Crippen LogP contribution in [0, 0.1) is 6.92 Å². The van der Waals surface area contributed by atoms with Gasteiger partial charge in [0.2, 0.25) is 21.8 Å². The molecular weight excluding hydrogens is 531 g/mol. The van der Waals surface area contributed by atoms with Crippen LogP contribution in [0.4, 0.5) is 18.9 Å². The van der Waals surface area contributed by atoms with Crippen LogP contribution in [0.15, 0.2) is 48.5 Å². The average Bonchev–Trinajstić information content (AvgIpc) is 2.86. The minimum absolute atomic E-state index is 0.0560. The van der Waals surface area contributed by atoms with E-state index in [2.05, 4.69) is 5.32 Å². The van der Waals surface area contributed by atoms with Gasteiger partial charge in [0.25, 0.3) is 0 Å². The summed E-state index contributed by atoms with van der Waals surface area (Å²) in [6.07, 6.45) is -1.65. The Morgan fingerprint density at radius 2 is 1.69 bits per heavy atom. The number of amides is 2. The second-order valence-corrected chi connectivity index (χ2v) is 11.5. The molecule has 0 saturated heterocycles. The number of rotatable bonds is 14. The first-order valence-electron chi connectivity index (χ1n) is 13.1. The van der Waals surface area contributed by atoms with Crippen LogP contribution in [0.3, 0.4) is 0 Å². The molecule has 216 valence electrons. The van der Waals surface area contributed by atoms with Crippen LogP contribution in [0.2, 0.25) is 0 Å². The van der Waals surface area contributed by atoms with Crippen molar-refractivity contribution in [3.05, 3.63) is 65.2 Å². The number of unbranched alkanes of at least 4 members (excludes halogenated alkanes) is 1. The molecule has 2 amide bonds. The number of nitrogens with one attached hydrogen (secondary N) is 1. The molecule has 0 bridgehead atoms. The molecule has 7 nitrogen and oxygen atoms in total. The molecule has 0 aliphatic heterocycles. The van der Waals surface area contributed by atoms with Gasteiger partial charge in [-0.1, -0.05) is 56.2 Å². The molecule has 2 rings (SSSR count). The van der Waals surface area contributed by atoms with Gasteiger partial charge >= 0.3 is 6.18 Å². The molecule has 0 aromatic heterocycles. The van der Waals surface area contributed by atoms with Crippen LogP contribution in [-0.4, -0.2) is 50.5 Å². The first kappa shape index (κ1) is 32.1. The maximum absolute atomic E-state index is 13.4. The average molecular weight is 570 g/mol. The lowest BCUT2D eigenvalue weighted by Crippen LogP contribution is -2.49. The number of hydrogen-bond donors (Lipinski definition) is 1. The van der Waals surface area contributed by atoms with Gasteiger partial charge in [-0.25, -0.2) is 8.42 Å². The van der Waals surface area contributed by atoms with Crippen molar-refractivity contribution < 1.29 is 31.2 Å². The summed E-state index contributed by atoms with van der Waals surface area (Å²) in [4.78, 5) is 27.9. The Morgan fingerprint density at radius 3 is 2.26 bits per heavy atom. The number of halogens is 3. The lowest BCUT2D eigenvalue weighted by Gasteiger charge is -2.31. The van der Waals surface area contributed by atoms with Gasteiger partial charge in [0.1, 0.15) is 6.04 Å². The highest BCUT2D eigenvalue weighted by Gasteiger charge is 2.32. The van der Waals surface area contributed by atoms with Crippen LogP contribution < -0.4 is 9.62 Å². The second kappa shape index (κ2) is 14.3. The molecule has 0 spiro atoms. The van der Waals surface area contributed by atoms with Gasteiger partial charge in [-0.3, -0.25) is 13.9 Å². The summed E-state index contributed by atoms with van der Waals surface area (Å²) in [6, 6.07) is 11.0. The SMILES string of the molecule is CCCCNC(=O)[C@H](CC)N(Cc1ccc(C)cc1)C(=O)CCCN(c1cccc(C(F)(F)F)c1)S(C)(=O)=O. The van der Waals surface area contributed by atoms with Crippen LogP contribution in [-0.2, 0) is 32.3 Å². The second-order valence-electron chi connectivity index (χ2n) is 9.56. The molecule has 0 heterocycles. The molecular formula is C28H38F3N3O4S. The Kier molecular flexibility index (Phi) is 11.8. The maximum atomic E-state index is 13.4. The van der Waals surface area contributed by atoms with Gasteiger partial charge in [0.15, 0.2) is 0 Å². The lowest BCUT2D eigenvalue weighted by atomic mass is 10.1. The number of nitrogens with zero attached hydrogens (tertiary/aromatic N) is 2. The molecule has 0 unspecified atom stereocenters. The number of sulfonamides is 1. The molecule has 1 atom stereocenters. The molecule has 39 heavy (non-hydrogen) atoms. The third-order valence-electron chi connectivity index (χ3n) is 6.30. The number of alkyl halides is 3. The highest BCUT2D eigenvalue weighted by atomic mass is 32.2. The molecule has 1 N–H and O–H groups in total. The highest BCUT2D eigenvalue weighted by Crippen LogP contribution is 2.32. The Morgan fingerprint density at radius 1 is 1.03 bits per heavy atom. The van der Waals surface area contributed by atoms with Gasteiger partial charge in [-0.2, -0.15) is 13.2 Å². The zero-order chi connectivity index (χ0) is 29.2. The van der Waals surface area contributed by atoms with Crippen molar-refractivity contribution in [1.29, 1.82) is 0 Å². The monoisotopic (exact) mass is 569 g/mol. The van der Waals surface area contributed by atoms with E-state index < -0.39 is 27.8 Å². The van der Waals surface area contributed by atoms with Crippen LogP contribution >= 0.6 is 0 Å². The zero-order valence-electron chi connectivity index (χ0n) is 22.9. The lowest BCUT2D eigenvalue weighted by molar-refractivity contribution is -0.141. The first-order valence-corrected chi connectivity index (χ1v) is 14.9. The summed E-state index contributed by atoms with van der Waals surface area (Å²) in [6.45, 7) is 6.28. The van der Waals surface area contributed by atoms with E-state index in [4.69, 9.17) is 0 Å². The van der Waals surface area contributed by atoms with E-state index in [-0.39, 0.29) is 43.4 Å². The topological polar surface area (TPSA) is 86.8 Å². The van der Waals surface area contributed by atoms with Gasteiger partial charge in [-0.05, 0) is 49.9 Å². The fraction of sp³-hybridized carbons (Fsp3) is 0.500. The van der Waals surface area contributed by atoms with E-state index in [0.717, 1.165) is 52.7 Å². The van der Waals surface area contributed by atoms with Crippen LogP contribution in [0.25, 0.3) is 0 Å². The standard InChI is InChI=1S/C28H38F3N3O4S/c1-5-7-17-32-27(36)25(6-2)33(20-22-15-13-21(3)14-16-22)26(35)12-9-18-34(39(4,37)38)24-11-8-10-23(19-24)28(29,30)31/h8,10-11,13-16,19,25H,5-7,9,12,17-18,20H2,1-4H3,(H,32,36)/t25-/m0/s1. The zero-order valence-corrected chi connectivity index (χ0v) is 23.7. The summed E-state index contributed by atoms with van der Waals surface area (Å²) < 4.78 is 65.3. The molecule has 2 aromatic carbocycles. The predicted octanol–water partition coefficient (Wildman–Crippen LogP) is 5.28. The number of carbonyl (C=O) groups is 2. The van der Waals surface area contributed by atoms with Crippen LogP contribution in [0.1, 0.15) is 62.6 Å². The quantitative estimate of drug-likeness (QED) is 0.314.